The largest absolute Gasteiger partial charge is 0.477 e. The summed E-state index contributed by atoms with van der Waals surface area (Å²) in [6, 6.07) is 20.5. The zero-order chi connectivity index (χ0) is 26.1. The Bertz CT molecular complexity index is 1440. The second-order valence-electron chi connectivity index (χ2n) is 9.39. The molecule has 2 N–H and O–H groups in total. The maximum Gasteiger partial charge on any atom is 0.350 e. The molecule has 37 heavy (non-hydrogen) atoms. The molecule has 1 amide bonds. The van der Waals surface area contributed by atoms with Gasteiger partial charge in [0.2, 0.25) is 0 Å². The molecule has 6 rings (SSSR count). The van der Waals surface area contributed by atoms with Crippen molar-refractivity contribution in [1.29, 1.82) is 0 Å². The molecule has 0 saturated heterocycles. The second-order valence-corrected chi connectivity index (χ2v) is 9.39. The summed E-state index contributed by atoms with van der Waals surface area (Å²) in [5.74, 6) is -4.47. The summed E-state index contributed by atoms with van der Waals surface area (Å²) in [6.45, 7) is 0. The van der Waals surface area contributed by atoms with E-state index >= 15 is 0 Å². The zero-order valence-corrected chi connectivity index (χ0v) is 20.0. The number of nitrogens with zero attached hydrogens (tertiary/aromatic N) is 1. The number of carbonyl (C=O) groups excluding carboxylic acids is 3. The minimum Gasteiger partial charge on any atom is -0.477 e. The van der Waals surface area contributed by atoms with Gasteiger partial charge in [0.1, 0.15) is 17.4 Å². The van der Waals surface area contributed by atoms with E-state index in [1.54, 1.807) is 54.6 Å². The van der Waals surface area contributed by atoms with E-state index < -0.39 is 47.0 Å². The van der Waals surface area contributed by atoms with Gasteiger partial charge in [0.25, 0.3) is 5.91 Å². The number of hydroxylamine groups is 2. The number of aliphatic hydroxyl groups excluding tert-OH is 1. The maximum atomic E-state index is 13.7. The predicted molar refractivity (Wildman–Crippen MR) is 127 cm³/mol. The van der Waals surface area contributed by atoms with Crippen molar-refractivity contribution in [3.63, 3.8) is 0 Å². The number of ether oxygens (including phenoxy) is 2. The number of esters is 2. The van der Waals surface area contributed by atoms with Crippen molar-refractivity contribution in [2.24, 2.45) is 5.92 Å². The van der Waals surface area contributed by atoms with Crippen molar-refractivity contribution >= 4 is 17.8 Å². The van der Waals surface area contributed by atoms with E-state index in [0.29, 0.717) is 11.1 Å². The lowest BCUT2D eigenvalue weighted by Gasteiger charge is -2.40. The number of cyclic esters (lactones) is 2. The molecule has 0 unspecified atom stereocenters. The van der Waals surface area contributed by atoms with Gasteiger partial charge in [-0.05, 0) is 17.2 Å². The normalized spacial score (nSPS) is 29.2. The summed E-state index contributed by atoms with van der Waals surface area (Å²) >= 11 is 0. The number of fused-ring (bicyclic) bond motifs is 5. The van der Waals surface area contributed by atoms with Gasteiger partial charge in [-0.25, -0.2) is 14.7 Å². The van der Waals surface area contributed by atoms with Crippen LogP contribution in [0.2, 0.25) is 0 Å². The minimum atomic E-state index is -2.19. The molecular formula is C28H23NO8. The van der Waals surface area contributed by atoms with Crippen molar-refractivity contribution < 1.29 is 38.9 Å². The molecule has 1 saturated carbocycles. The fourth-order valence-corrected chi connectivity index (χ4v) is 6.19. The van der Waals surface area contributed by atoms with E-state index in [1.165, 1.54) is 26.3 Å². The topological polar surface area (TPSA) is 123 Å². The van der Waals surface area contributed by atoms with Gasteiger partial charge in [-0.2, -0.15) is 0 Å². The number of hydrogen-bond donors (Lipinski definition) is 2. The maximum absolute atomic E-state index is 13.7. The molecule has 5 atom stereocenters. The monoisotopic (exact) mass is 501 g/mol. The van der Waals surface area contributed by atoms with E-state index in [2.05, 4.69) is 0 Å². The number of hydrogen-bond acceptors (Lipinski definition) is 8. The highest BCUT2D eigenvalue weighted by Gasteiger charge is 2.78. The standard InChI is InChI=1S/C28H23NO8/c1-29(35-2)24(31)20-21(15-9-5-3-6-10-15)28(16-11-7-4-8-12-16)27(34,23(20)30)18-14-13-17-19(22(18)37-28)26(33)36-25(17)32/h3-14,20-21,23,30,34H,1-2H3/t20-,21-,23-,27+,28+/m1/s1. The molecule has 1 aliphatic carbocycles. The number of amides is 1. The van der Waals surface area contributed by atoms with Gasteiger partial charge in [-0.1, -0.05) is 66.7 Å². The van der Waals surface area contributed by atoms with Crippen molar-refractivity contribution in [3.8, 4) is 5.75 Å². The molecule has 0 bridgehead atoms. The summed E-state index contributed by atoms with van der Waals surface area (Å²) in [4.78, 5) is 43.8. The quantitative estimate of drug-likeness (QED) is 0.317. The van der Waals surface area contributed by atoms with Gasteiger partial charge in [0, 0.05) is 18.5 Å². The SMILES string of the molecule is CON(C)C(=O)[C@H]1[C@@H](O)[C@@]2(O)c3ccc4c(c3O[C@@]2(c2ccccc2)[C@@H]1c1ccccc1)C(=O)OC4=O. The van der Waals surface area contributed by atoms with Gasteiger partial charge >= 0.3 is 11.9 Å². The van der Waals surface area contributed by atoms with Gasteiger partial charge in [0.15, 0.2) is 11.2 Å². The zero-order valence-electron chi connectivity index (χ0n) is 20.0. The highest BCUT2D eigenvalue weighted by atomic mass is 16.7. The number of rotatable bonds is 4. The molecule has 9 heteroatoms. The third-order valence-corrected chi connectivity index (χ3v) is 7.80. The van der Waals surface area contributed by atoms with Gasteiger partial charge in [-0.15, -0.1) is 0 Å². The molecule has 3 aromatic rings. The number of aliphatic hydroxyl groups is 2. The first kappa shape index (κ1) is 23.4. The highest BCUT2D eigenvalue weighted by Crippen LogP contribution is 2.69. The van der Waals surface area contributed by atoms with Crippen LogP contribution in [0.25, 0.3) is 0 Å². The third-order valence-electron chi connectivity index (χ3n) is 7.80. The van der Waals surface area contributed by atoms with Crippen LogP contribution in [0.4, 0.5) is 0 Å². The van der Waals surface area contributed by atoms with Crippen LogP contribution in [0.1, 0.15) is 43.3 Å². The Labute approximate surface area is 211 Å². The van der Waals surface area contributed by atoms with Crippen LogP contribution < -0.4 is 4.74 Å². The second kappa shape index (κ2) is 7.97. The smallest absolute Gasteiger partial charge is 0.350 e. The summed E-state index contributed by atoms with van der Waals surface area (Å²) < 4.78 is 11.4. The Morgan fingerprint density at radius 2 is 1.62 bits per heavy atom. The van der Waals surface area contributed by atoms with E-state index in [0.717, 1.165) is 5.06 Å². The molecule has 9 nitrogen and oxygen atoms in total. The van der Waals surface area contributed by atoms with Crippen LogP contribution in [-0.2, 0) is 25.6 Å². The minimum absolute atomic E-state index is 0.00743. The molecule has 0 spiro atoms. The van der Waals surface area contributed by atoms with E-state index in [1.807, 2.05) is 6.07 Å². The Hall–Kier alpha value is -4.05. The van der Waals surface area contributed by atoms with Crippen molar-refractivity contribution in [1.82, 2.24) is 5.06 Å². The fourth-order valence-electron chi connectivity index (χ4n) is 6.19. The molecule has 2 heterocycles. The van der Waals surface area contributed by atoms with Gasteiger partial charge < -0.3 is 19.7 Å². The molecule has 3 aliphatic rings. The fraction of sp³-hybridized carbons (Fsp3) is 0.250. The molecular weight excluding hydrogens is 478 g/mol. The summed E-state index contributed by atoms with van der Waals surface area (Å²) in [5.41, 5.74) is -2.88. The number of carbonyl (C=O) groups is 3. The Kier molecular flexibility index (Phi) is 5.03. The third kappa shape index (κ3) is 2.81. The van der Waals surface area contributed by atoms with Crippen LogP contribution in [0.5, 0.6) is 5.75 Å². The Balaban J connectivity index is 1.70. The van der Waals surface area contributed by atoms with Crippen molar-refractivity contribution in [2.75, 3.05) is 14.2 Å². The Morgan fingerprint density at radius 1 is 0.973 bits per heavy atom. The van der Waals surface area contributed by atoms with Crippen molar-refractivity contribution in [3.05, 3.63) is 101 Å². The lowest BCUT2D eigenvalue weighted by Crippen LogP contribution is -2.52. The predicted octanol–water partition coefficient (Wildman–Crippen LogP) is 2.27. The van der Waals surface area contributed by atoms with Crippen LogP contribution in [0, 0.1) is 5.92 Å². The first-order chi connectivity index (χ1) is 17.8. The lowest BCUT2D eigenvalue weighted by atomic mass is 9.70. The average molecular weight is 501 g/mol. The van der Waals surface area contributed by atoms with Crippen LogP contribution in [-0.4, -0.2) is 53.4 Å². The van der Waals surface area contributed by atoms with E-state index in [-0.39, 0.29) is 22.4 Å². The molecule has 1 fully saturated rings. The summed E-state index contributed by atoms with van der Waals surface area (Å²) in [6.07, 6.45) is -1.68. The first-order valence-electron chi connectivity index (χ1n) is 11.7. The van der Waals surface area contributed by atoms with Crippen LogP contribution >= 0.6 is 0 Å². The van der Waals surface area contributed by atoms with Crippen LogP contribution in [0.15, 0.2) is 72.8 Å². The summed E-state index contributed by atoms with van der Waals surface area (Å²) in [5, 5.41) is 25.5. The van der Waals surface area contributed by atoms with Gasteiger partial charge in [-0.3, -0.25) is 9.63 Å². The van der Waals surface area contributed by atoms with E-state index in [4.69, 9.17) is 14.3 Å². The van der Waals surface area contributed by atoms with Crippen molar-refractivity contribution in [2.45, 2.75) is 23.2 Å². The Morgan fingerprint density at radius 3 is 2.27 bits per heavy atom. The molecule has 3 aromatic carbocycles. The molecule has 0 aromatic heterocycles. The van der Waals surface area contributed by atoms with Gasteiger partial charge in [0.05, 0.1) is 18.6 Å². The molecule has 0 radical (unpaired) electrons. The first-order valence-corrected chi connectivity index (χ1v) is 11.7. The number of benzene rings is 3. The molecule has 2 aliphatic heterocycles. The van der Waals surface area contributed by atoms with E-state index in [9.17, 15) is 24.6 Å². The lowest BCUT2D eigenvalue weighted by molar-refractivity contribution is -0.181. The van der Waals surface area contributed by atoms with Crippen LogP contribution in [0.3, 0.4) is 0 Å². The molecule has 188 valence electrons. The highest BCUT2D eigenvalue weighted by molar-refractivity contribution is 6.16. The average Bonchev–Trinajstić information content (AvgIpc) is 3.44. The summed E-state index contributed by atoms with van der Waals surface area (Å²) in [7, 11) is 2.75.